The van der Waals surface area contributed by atoms with Gasteiger partial charge in [0.15, 0.2) is 6.61 Å². The van der Waals surface area contributed by atoms with Gasteiger partial charge in [0.2, 0.25) is 0 Å². The maximum atomic E-state index is 12.6. The van der Waals surface area contributed by atoms with E-state index in [1.807, 2.05) is 50.2 Å². The van der Waals surface area contributed by atoms with Crippen LogP contribution in [0.25, 0.3) is 0 Å². The number of amides is 1. The number of aryl methyl sites for hydroxylation is 2. The van der Waals surface area contributed by atoms with Crippen molar-refractivity contribution in [3.63, 3.8) is 0 Å². The molecule has 1 N–H and O–H groups in total. The van der Waals surface area contributed by atoms with Crippen LogP contribution in [0.15, 0.2) is 48.5 Å². The van der Waals surface area contributed by atoms with Crippen molar-refractivity contribution in [3.05, 3.63) is 65.2 Å². The fraction of sp³-hybridized carbons (Fsp3) is 0.409. The Labute approximate surface area is 161 Å². The molecule has 2 aromatic rings. The number of rotatable bonds is 7. The number of benzene rings is 2. The minimum atomic E-state index is -0.111. The molecule has 1 aliphatic rings. The van der Waals surface area contributed by atoms with Gasteiger partial charge >= 0.3 is 0 Å². The quantitative estimate of drug-likeness (QED) is 0.817. The summed E-state index contributed by atoms with van der Waals surface area (Å²) in [5.41, 5.74) is 3.18. The number of morpholine rings is 1. The van der Waals surface area contributed by atoms with Gasteiger partial charge < -0.3 is 14.8 Å². The molecule has 5 heteroatoms. The molecule has 0 saturated carbocycles. The largest absolute Gasteiger partial charge is 0.483 e. The smallest absolute Gasteiger partial charge is 0.258 e. The Morgan fingerprint density at radius 2 is 1.74 bits per heavy atom. The predicted molar refractivity (Wildman–Crippen MR) is 106 cm³/mol. The molecule has 1 atom stereocenters. The van der Waals surface area contributed by atoms with Gasteiger partial charge in [-0.3, -0.25) is 9.69 Å². The summed E-state index contributed by atoms with van der Waals surface area (Å²) in [5, 5.41) is 3.14. The number of hydrogen-bond acceptors (Lipinski definition) is 4. The molecule has 144 valence electrons. The highest BCUT2D eigenvalue weighted by Gasteiger charge is 2.20. The number of ether oxygens (including phenoxy) is 2. The van der Waals surface area contributed by atoms with Gasteiger partial charge in [-0.2, -0.15) is 0 Å². The van der Waals surface area contributed by atoms with Gasteiger partial charge in [-0.25, -0.2) is 0 Å². The molecule has 5 nitrogen and oxygen atoms in total. The molecule has 0 spiro atoms. The molecular weight excluding hydrogens is 340 g/mol. The first-order chi connectivity index (χ1) is 13.1. The monoisotopic (exact) mass is 368 g/mol. The summed E-state index contributed by atoms with van der Waals surface area (Å²) in [6, 6.07) is 16.0. The fourth-order valence-corrected chi connectivity index (χ4v) is 3.36. The zero-order valence-electron chi connectivity index (χ0n) is 16.1. The summed E-state index contributed by atoms with van der Waals surface area (Å²) < 4.78 is 11.2. The molecule has 0 radical (unpaired) electrons. The number of carbonyl (C=O) groups excluding carboxylic acids is 1. The highest BCUT2D eigenvalue weighted by atomic mass is 16.5. The van der Waals surface area contributed by atoms with Gasteiger partial charge in [-0.05, 0) is 30.5 Å². The molecule has 0 aliphatic carbocycles. The van der Waals surface area contributed by atoms with E-state index in [9.17, 15) is 4.79 Å². The third-order valence-electron chi connectivity index (χ3n) is 4.84. The van der Waals surface area contributed by atoms with E-state index in [0.29, 0.717) is 0 Å². The van der Waals surface area contributed by atoms with E-state index in [0.717, 1.165) is 55.3 Å². The molecule has 0 bridgehead atoms. The lowest BCUT2D eigenvalue weighted by atomic mass is 10.1. The van der Waals surface area contributed by atoms with Crippen LogP contribution >= 0.6 is 0 Å². The van der Waals surface area contributed by atoms with E-state index >= 15 is 0 Å². The molecule has 0 aromatic heterocycles. The van der Waals surface area contributed by atoms with Gasteiger partial charge in [-0.15, -0.1) is 0 Å². The van der Waals surface area contributed by atoms with Crippen molar-refractivity contribution in [1.82, 2.24) is 10.2 Å². The number of nitrogens with one attached hydrogen (secondary N) is 1. The topological polar surface area (TPSA) is 50.8 Å². The van der Waals surface area contributed by atoms with Crippen molar-refractivity contribution in [1.29, 1.82) is 0 Å². The number of hydrogen-bond donors (Lipinski definition) is 1. The molecule has 1 heterocycles. The Bertz CT molecular complexity index is 722. The van der Waals surface area contributed by atoms with Crippen LogP contribution < -0.4 is 10.1 Å². The summed E-state index contributed by atoms with van der Waals surface area (Å²) in [5.74, 6) is 0.678. The lowest BCUT2D eigenvalue weighted by molar-refractivity contribution is -0.124. The maximum absolute atomic E-state index is 12.6. The molecule has 3 rings (SSSR count). The third kappa shape index (κ3) is 5.55. The Morgan fingerprint density at radius 1 is 1.07 bits per heavy atom. The van der Waals surface area contributed by atoms with E-state index in [-0.39, 0.29) is 18.6 Å². The Kier molecular flexibility index (Phi) is 6.85. The highest BCUT2D eigenvalue weighted by molar-refractivity contribution is 5.78. The lowest BCUT2D eigenvalue weighted by Gasteiger charge is -2.31. The lowest BCUT2D eigenvalue weighted by Crippen LogP contribution is -2.44. The molecule has 1 amide bonds. The number of para-hydroxylation sites is 1. The van der Waals surface area contributed by atoms with Gasteiger partial charge in [0.25, 0.3) is 5.91 Å². The summed E-state index contributed by atoms with van der Waals surface area (Å²) in [6.45, 7) is 8.02. The summed E-state index contributed by atoms with van der Waals surface area (Å²) in [4.78, 5) is 14.9. The van der Waals surface area contributed by atoms with Crippen molar-refractivity contribution in [2.45, 2.75) is 19.9 Å². The van der Waals surface area contributed by atoms with Crippen LogP contribution in [0.3, 0.4) is 0 Å². The first-order valence-corrected chi connectivity index (χ1v) is 9.47. The van der Waals surface area contributed by atoms with E-state index in [1.165, 1.54) is 0 Å². The van der Waals surface area contributed by atoms with Crippen LogP contribution in [0.1, 0.15) is 22.7 Å². The van der Waals surface area contributed by atoms with Crippen molar-refractivity contribution < 1.29 is 14.3 Å². The first kappa shape index (κ1) is 19.4. The minimum absolute atomic E-state index is 0.0120. The second-order valence-corrected chi connectivity index (χ2v) is 6.95. The van der Waals surface area contributed by atoms with Crippen molar-refractivity contribution in [3.8, 4) is 5.75 Å². The zero-order valence-corrected chi connectivity index (χ0v) is 16.1. The fourth-order valence-electron chi connectivity index (χ4n) is 3.36. The Morgan fingerprint density at radius 3 is 2.41 bits per heavy atom. The summed E-state index contributed by atoms with van der Waals surface area (Å²) in [7, 11) is 0. The van der Waals surface area contributed by atoms with Crippen molar-refractivity contribution in [2.75, 3.05) is 39.5 Å². The van der Waals surface area contributed by atoms with Crippen molar-refractivity contribution >= 4 is 5.91 Å². The number of carbonyl (C=O) groups is 1. The van der Waals surface area contributed by atoms with E-state index in [2.05, 4.69) is 22.3 Å². The summed E-state index contributed by atoms with van der Waals surface area (Å²) >= 11 is 0. The van der Waals surface area contributed by atoms with Gasteiger partial charge in [0.05, 0.1) is 19.3 Å². The molecular formula is C22H28N2O3. The summed E-state index contributed by atoms with van der Waals surface area (Å²) in [6.07, 6.45) is 0. The Balaban J connectivity index is 1.63. The minimum Gasteiger partial charge on any atom is -0.483 e. The van der Waals surface area contributed by atoms with Crippen LogP contribution in [0.4, 0.5) is 0 Å². The van der Waals surface area contributed by atoms with Crippen LogP contribution in [0, 0.1) is 13.8 Å². The second kappa shape index (κ2) is 9.53. The van der Waals surface area contributed by atoms with Crippen LogP contribution in [0.2, 0.25) is 0 Å². The van der Waals surface area contributed by atoms with Crippen LogP contribution in [-0.4, -0.2) is 50.3 Å². The second-order valence-electron chi connectivity index (χ2n) is 6.95. The normalized spacial score (nSPS) is 15.9. The Hall–Kier alpha value is -2.37. The average molecular weight is 368 g/mol. The van der Waals surface area contributed by atoms with Crippen LogP contribution in [0.5, 0.6) is 5.75 Å². The van der Waals surface area contributed by atoms with Crippen molar-refractivity contribution in [2.24, 2.45) is 0 Å². The van der Waals surface area contributed by atoms with Gasteiger partial charge in [0.1, 0.15) is 5.75 Å². The first-order valence-electron chi connectivity index (χ1n) is 9.47. The predicted octanol–water partition coefficient (Wildman–Crippen LogP) is 2.87. The molecule has 1 fully saturated rings. The highest BCUT2D eigenvalue weighted by Crippen LogP contribution is 2.22. The van der Waals surface area contributed by atoms with E-state index < -0.39 is 0 Å². The number of nitrogens with zero attached hydrogens (tertiary/aromatic N) is 1. The zero-order chi connectivity index (χ0) is 19.1. The van der Waals surface area contributed by atoms with E-state index in [1.54, 1.807) is 0 Å². The maximum Gasteiger partial charge on any atom is 0.258 e. The van der Waals surface area contributed by atoms with Crippen LogP contribution in [-0.2, 0) is 9.53 Å². The van der Waals surface area contributed by atoms with E-state index in [4.69, 9.17) is 9.47 Å². The molecule has 1 saturated heterocycles. The van der Waals surface area contributed by atoms with Gasteiger partial charge in [-0.1, -0.05) is 48.5 Å². The third-order valence-corrected chi connectivity index (χ3v) is 4.84. The molecule has 1 unspecified atom stereocenters. The average Bonchev–Trinajstić information content (AvgIpc) is 2.68. The van der Waals surface area contributed by atoms with Gasteiger partial charge in [0, 0.05) is 19.6 Å². The molecule has 1 aliphatic heterocycles. The standard InChI is InChI=1S/C22H28N2O3/c1-17-7-6-8-18(2)22(17)27-16-21(25)23-20(19-9-4-3-5-10-19)15-24-11-13-26-14-12-24/h3-10,20H,11-16H2,1-2H3,(H,23,25). The SMILES string of the molecule is Cc1cccc(C)c1OCC(=O)NC(CN1CCOCC1)c1ccccc1. The molecule has 27 heavy (non-hydrogen) atoms. The molecule has 2 aromatic carbocycles.